The van der Waals surface area contributed by atoms with Crippen LogP contribution in [0, 0.1) is 5.82 Å². The van der Waals surface area contributed by atoms with Crippen LogP contribution in [0.5, 0.6) is 0 Å². The smallest absolute Gasteiger partial charge is 0.149 e. The van der Waals surface area contributed by atoms with Gasteiger partial charge in [-0.2, -0.15) is 0 Å². The van der Waals surface area contributed by atoms with E-state index in [0.29, 0.717) is 21.5 Å². The van der Waals surface area contributed by atoms with Gasteiger partial charge in [0.15, 0.2) is 0 Å². The zero-order valence-electron chi connectivity index (χ0n) is 7.30. The second-order valence-electron chi connectivity index (χ2n) is 2.89. The van der Waals surface area contributed by atoms with E-state index in [2.05, 4.69) is 11.6 Å². The molecule has 3 heteroatoms. The maximum absolute atomic E-state index is 13.3. The summed E-state index contributed by atoms with van der Waals surface area (Å²) in [4.78, 5) is 3.95. The van der Waals surface area contributed by atoms with Crippen LogP contribution in [0.15, 0.2) is 31.0 Å². The van der Waals surface area contributed by atoms with Gasteiger partial charge in [0.1, 0.15) is 5.82 Å². The fourth-order valence-corrected chi connectivity index (χ4v) is 1.54. The van der Waals surface area contributed by atoms with Gasteiger partial charge in [0.25, 0.3) is 0 Å². The SMILES string of the molecule is C=Cc1c(F)cnc2ccc(Cl)cc12. The van der Waals surface area contributed by atoms with E-state index in [0.717, 1.165) is 0 Å². The standard InChI is InChI=1S/C11H7ClFN/c1-2-8-9-5-7(12)3-4-11(9)14-6-10(8)13/h2-6H,1H2. The van der Waals surface area contributed by atoms with Crippen molar-refractivity contribution < 1.29 is 4.39 Å². The quantitative estimate of drug-likeness (QED) is 0.695. The largest absolute Gasteiger partial charge is 0.253 e. The maximum Gasteiger partial charge on any atom is 0.149 e. The Morgan fingerprint density at radius 2 is 2.21 bits per heavy atom. The summed E-state index contributed by atoms with van der Waals surface area (Å²) in [5.74, 6) is -0.380. The number of rotatable bonds is 1. The van der Waals surface area contributed by atoms with Crippen LogP contribution in [0.2, 0.25) is 5.02 Å². The Morgan fingerprint density at radius 1 is 1.43 bits per heavy atom. The molecule has 0 amide bonds. The second-order valence-corrected chi connectivity index (χ2v) is 3.32. The molecule has 0 radical (unpaired) electrons. The fraction of sp³-hybridized carbons (Fsp3) is 0. The van der Waals surface area contributed by atoms with E-state index in [1.165, 1.54) is 12.3 Å². The van der Waals surface area contributed by atoms with E-state index in [1.54, 1.807) is 18.2 Å². The predicted octanol–water partition coefficient (Wildman–Crippen LogP) is 3.67. The second kappa shape index (κ2) is 3.39. The summed E-state index contributed by atoms with van der Waals surface area (Å²) < 4.78 is 13.3. The molecule has 0 saturated carbocycles. The predicted molar refractivity (Wildman–Crippen MR) is 56.8 cm³/mol. The molecule has 1 heterocycles. The molecular weight excluding hydrogens is 201 g/mol. The molecule has 0 aliphatic carbocycles. The lowest BCUT2D eigenvalue weighted by molar-refractivity contribution is 0.621. The summed E-state index contributed by atoms with van der Waals surface area (Å²) in [7, 11) is 0. The van der Waals surface area contributed by atoms with Crippen molar-refractivity contribution in [2.45, 2.75) is 0 Å². The van der Waals surface area contributed by atoms with Gasteiger partial charge >= 0.3 is 0 Å². The van der Waals surface area contributed by atoms with E-state index < -0.39 is 0 Å². The molecule has 14 heavy (non-hydrogen) atoms. The van der Waals surface area contributed by atoms with E-state index in [9.17, 15) is 4.39 Å². The first-order valence-corrected chi connectivity index (χ1v) is 4.46. The molecule has 0 bridgehead atoms. The minimum Gasteiger partial charge on any atom is -0.253 e. The average Bonchev–Trinajstić information content (AvgIpc) is 2.17. The summed E-state index contributed by atoms with van der Waals surface area (Å²) in [5.41, 5.74) is 1.16. The van der Waals surface area contributed by atoms with Crippen LogP contribution in [0.25, 0.3) is 17.0 Å². The number of hydrogen-bond acceptors (Lipinski definition) is 1. The van der Waals surface area contributed by atoms with Crippen LogP contribution in [-0.4, -0.2) is 4.98 Å². The van der Waals surface area contributed by atoms with E-state index >= 15 is 0 Å². The van der Waals surface area contributed by atoms with E-state index in [4.69, 9.17) is 11.6 Å². The Kier molecular flexibility index (Phi) is 2.22. The summed E-state index contributed by atoms with van der Waals surface area (Å²) in [6, 6.07) is 5.16. The minimum absolute atomic E-state index is 0.380. The van der Waals surface area contributed by atoms with Crippen molar-refractivity contribution in [2.75, 3.05) is 0 Å². The van der Waals surface area contributed by atoms with Crippen molar-refractivity contribution in [3.05, 3.63) is 47.4 Å². The van der Waals surface area contributed by atoms with Crippen molar-refractivity contribution in [2.24, 2.45) is 0 Å². The van der Waals surface area contributed by atoms with Gasteiger partial charge in [-0.3, -0.25) is 4.98 Å². The van der Waals surface area contributed by atoms with Crippen LogP contribution in [0.1, 0.15) is 5.56 Å². The lowest BCUT2D eigenvalue weighted by atomic mass is 10.1. The summed E-state index contributed by atoms with van der Waals surface area (Å²) in [5, 5.41) is 1.25. The third kappa shape index (κ3) is 1.38. The van der Waals surface area contributed by atoms with Gasteiger partial charge in [-0.15, -0.1) is 0 Å². The Bertz CT molecular complexity index is 503. The van der Waals surface area contributed by atoms with Crippen molar-refractivity contribution in [1.82, 2.24) is 4.98 Å². The number of aromatic nitrogens is 1. The Morgan fingerprint density at radius 3 is 2.93 bits per heavy atom. The molecule has 0 N–H and O–H groups in total. The summed E-state index contributed by atoms with van der Waals surface area (Å²) in [6.45, 7) is 3.56. The Labute approximate surface area is 85.8 Å². The highest BCUT2D eigenvalue weighted by Crippen LogP contribution is 2.23. The van der Waals surface area contributed by atoms with Crippen molar-refractivity contribution in [3.63, 3.8) is 0 Å². The highest BCUT2D eigenvalue weighted by atomic mass is 35.5. The molecule has 0 fully saturated rings. The number of pyridine rings is 1. The average molecular weight is 208 g/mol. The first-order chi connectivity index (χ1) is 6.72. The number of fused-ring (bicyclic) bond motifs is 1. The number of halogens is 2. The molecular formula is C11H7ClFN. The lowest BCUT2D eigenvalue weighted by Gasteiger charge is -2.02. The van der Waals surface area contributed by atoms with Gasteiger partial charge in [-0.1, -0.05) is 24.3 Å². The van der Waals surface area contributed by atoms with Crippen LogP contribution >= 0.6 is 11.6 Å². The highest BCUT2D eigenvalue weighted by Gasteiger charge is 2.05. The molecule has 1 aromatic carbocycles. The molecule has 0 spiro atoms. The van der Waals surface area contributed by atoms with E-state index in [-0.39, 0.29) is 5.82 Å². The first kappa shape index (κ1) is 9.16. The highest BCUT2D eigenvalue weighted by molar-refractivity contribution is 6.31. The van der Waals surface area contributed by atoms with Gasteiger partial charge in [-0.25, -0.2) is 4.39 Å². The normalized spacial score (nSPS) is 10.4. The van der Waals surface area contributed by atoms with Gasteiger partial charge in [-0.05, 0) is 18.2 Å². The number of nitrogens with zero attached hydrogens (tertiary/aromatic N) is 1. The maximum atomic E-state index is 13.3. The van der Waals surface area contributed by atoms with Gasteiger partial charge in [0.05, 0.1) is 11.7 Å². The molecule has 2 aromatic rings. The third-order valence-electron chi connectivity index (χ3n) is 2.03. The van der Waals surface area contributed by atoms with Gasteiger partial charge in [0, 0.05) is 16.0 Å². The van der Waals surface area contributed by atoms with Crippen molar-refractivity contribution >= 4 is 28.6 Å². The molecule has 1 nitrogen and oxygen atoms in total. The van der Waals surface area contributed by atoms with Gasteiger partial charge in [0.2, 0.25) is 0 Å². The third-order valence-corrected chi connectivity index (χ3v) is 2.26. The van der Waals surface area contributed by atoms with Crippen LogP contribution in [0.3, 0.4) is 0 Å². The van der Waals surface area contributed by atoms with Crippen LogP contribution in [-0.2, 0) is 0 Å². The first-order valence-electron chi connectivity index (χ1n) is 4.08. The molecule has 0 aliphatic heterocycles. The molecule has 1 aromatic heterocycles. The van der Waals surface area contributed by atoms with Crippen LogP contribution in [0.4, 0.5) is 4.39 Å². The molecule has 0 atom stereocenters. The summed E-state index contributed by atoms with van der Waals surface area (Å²) >= 11 is 5.82. The zero-order valence-corrected chi connectivity index (χ0v) is 8.05. The number of benzene rings is 1. The summed E-state index contributed by atoms with van der Waals surface area (Å²) in [6.07, 6.45) is 2.66. The monoisotopic (exact) mass is 207 g/mol. The fourth-order valence-electron chi connectivity index (χ4n) is 1.37. The zero-order chi connectivity index (χ0) is 10.1. The lowest BCUT2D eigenvalue weighted by Crippen LogP contribution is -1.88. The number of hydrogen-bond donors (Lipinski definition) is 0. The topological polar surface area (TPSA) is 12.9 Å². The van der Waals surface area contributed by atoms with Crippen molar-refractivity contribution in [3.8, 4) is 0 Å². The molecule has 0 aliphatic rings. The molecule has 70 valence electrons. The van der Waals surface area contributed by atoms with E-state index in [1.807, 2.05) is 0 Å². The molecule has 0 unspecified atom stereocenters. The van der Waals surface area contributed by atoms with Crippen LogP contribution < -0.4 is 0 Å². The van der Waals surface area contributed by atoms with Gasteiger partial charge < -0.3 is 0 Å². The molecule has 0 saturated heterocycles. The Hall–Kier alpha value is -1.41. The molecule has 2 rings (SSSR count). The van der Waals surface area contributed by atoms with Crippen molar-refractivity contribution in [1.29, 1.82) is 0 Å². The Balaban J connectivity index is 2.91. The minimum atomic E-state index is -0.380.